The van der Waals surface area contributed by atoms with E-state index in [9.17, 15) is 38.5 Å². The van der Waals surface area contributed by atoms with E-state index in [1.165, 1.54) is 87.1 Å². The third-order valence-corrected chi connectivity index (χ3v) is 9.77. The highest BCUT2D eigenvalue weighted by Crippen LogP contribution is 2.40. The van der Waals surface area contributed by atoms with E-state index in [0.29, 0.717) is 23.0 Å². The van der Waals surface area contributed by atoms with Crippen LogP contribution in [0.5, 0.6) is 0 Å². The molecule has 0 spiro atoms. The van der Waals surface area contributed by atoms with E-state index >= 15 is 0 Å². The minimum Gasteiger partial charge on any atom is -0.481 e. The first-order valence-electron chi connectivity index (χ1n) is 17.4. The molecule has 0 aliphatic heterocycles. The second kappa shape index (κ2) is 19.4. The van der Waals surface area contributed by atoms with Crippen LogP contribution in [0.2, 0.25) is 0 Å². The van der Waals surface area contributed by atoms with E-state index in [-0.39, 0.29) is 5.92 Å². The van der Waals surface area contributed by atoms with Gasteiger partial charge in [-0.25, -0.2) is 8.78 Å². The molecule has 2 aliphatic carbocycles. The molecule has 3 N–H and O–H groups in total. The number of rotatable bonds is 9. The van der Waals surface area contributed by atoms with Gasteiger partial charge >= 0.3 is 17.9 Å². The fourth-order valence-corrected chi connectivity index (χ4v) is 7.33. The van der Waals surface area contributed by atoms with Crippen molar-refractivity contribution in [1.82, 2.24) is 0 Å². The summed E-state index contributed by atoms with van der Waals surface area (Å²) in [4.78, 5) is 34.1. The Morgan fingerprint density at radius 2 is 0.740 bits per heavy atom. The second-order valence-electron chi connectivity index (χ2n) is 13.1. The monoisotopic (exact) mass is 684 g/mol. The summed E-state index contributed by atoms with van der Waals surface area (Å²) in [6.07, 6.45) is 12.3. The van der Waals surface area contributed by atoms with E-state index in [2.05, 4.69) is 0 Å². The molecule has 0 heterocycles. The number of carboxylic acids is 3. The SMILES string of the molecule is O=C(O)C(C1CCCCC1)C1CCCCC1.O=C(O)C(c1ccc(F)cc1)c1ccc(F)cc1.O=C(O)C(c1ccccc1)c1ccccc1. The lowest BCUT2D eigenvalue weighted by atomic mass is 9.70. The summed E-state index contributed by atoms with van der Waals surface area (Å²) in [5, 5.41) is 28.0. The first kappa shape index (κ1) is 38.0. The van der Waals surface area contributed by atoms with Gasteiger partial charge in [-0.2, -0.15) is 0 Å². The Hall–Kier alpha value is -4.85. The molecule has 0 bridgehead atoms. The van der Waals surface area contributed by atoms with Crippen LogP contribution in [-0.2, 0) is 14.4 Å². The molecule has 6 nitrogen and oxygen atoms in total. The van der Waals surface area contributed by atoms with Crippen LogP contribution >= 0.6 is 0 Å². The summed E-state index contributed by atoms with van der Waals surface area (Å²) in [5.41, 5.74) is 2.52. The van der Waals surface area contributed by atoms with Crippen molar-refractivity contribution in [3.05, 3.63) is 143 Å². The molecular weight excluding hydrogens is 638 g/mol. The number of carboxylic acid groups (broad SMARTS) is 3. The molecule has 2 saturated carbocycles. The maximum atomic E-state index is 12.8. The van der Waals surface area contributed by atoms with E-state index < -0.39 is 41.4 Å². The van der Waals surface area contributed by atoms with Gasteiger partial charge in [0.25, 0.3) is 0 Å². The first-order chi connectivity index (χ1) is 24.2. The summed E-state index contributed by atoms with van der Waals surface area (Å²) < 4.78 is 25.6. The maximum Gasteiger partial charge on any atom is 0.315 e. The molecule has 0 unspecified atom stereocenters. The summed E-state index contributed by atoms with van der Waals surface area (Å²) in [7, 11) is 0. The fraction of sp³-hybridized carbons (Fsp3) is 0.357. The zero-order valence-corrected chi connectivity index (χ0v) is 28.2. The maximum absolute atomic E-state index is 12.8. The largest absolute Gasteiger partial charge is 0.481 e. The Morgan fingerprint density at radius 1 is 0.440 bits per heavy atom. The Labute approximate surface area is 292 Å². The Balaban J connectivity index is 0.000000169. The summed E-state index contributed by atoms with van der Waals surface area (Å²) in [6.45, 7) is 0. The van der Waals surface area contributed by atoms with Crippen molar-refractivity contribution in [2.45, 2.75) is 76.0 Å². The van der Waals surface area contributed by atoms with Crippen LogP contribution in [0.15, 0.2) is 109 Å². The van der Waals surface area contributed by atoms with Crippen LogP contribution in [0.25, 0.3) is 0 Å². The topological polar surface area (TPSA) is 112 Å². The summed E-state index contributed by atoms with van der Waals surface area (Å²) >= 11 is 0. The van der Waals surface area contributed by atoms with Gasteiger partial charge in [-0.15, -0.1) is 0 Å². The van der Waals surface area contributed by atoms with Crippen molar-refractivity contribution in [2.24, 2.45) is 17.8 Å². The van der Waals surface area contributed by atoms with E-state index in [0.717, 1.165) is 36.8 Å². The number of benzene rings is 4. The fourth-order valence-electron chi connectivity index (χ4n) is 7.33. The third-order valence-electron chi connectivity index (χ3n) is 9.77. The van der Waals surface area contributed by atoms with Gasteiger partial charge in [-0.05, 0) is 84.0 Å². The molecule has 0 aromatic heterocycles. The molecule has 264 valence electrons. The van der Waals surface area contributed by atoms with Crippen LogP contribution in [0, 0.1) is 29.4 Å². The van der Waals surface area contributed by atoms with Crippen LogP contribution in [0.4, 0.5) is 8.78 Å². The predicted octanol–water partition coefficient (Wildman–Crippen LogP) is 9.93. The molecule has 4 aromatic rings. The van der Waals surface area contributed by atoms with Crippen LogP contribution < -0.4 is 0 Å². The van der Waals surface area contributed by atoms with E-state index in [1.54, 1.807) is 0 Å². The highest BCUT2D eigenvalue weighted by Gasteiger charge is 2.36. The van der Waals surface area contributed by atoms with Crippen molar-refractivity contribution in [2.75, 3.05) is 0 Å². The molecule has 2 aliphatic rings. The van der Waals surface area contributed by atoms with E-state index in [4.69, 9.17) is 0 Å². The molecule has 0 saturated heterocycles. The highest BCUT2D eigenvalue weighted by atomic mass is 19.1. The van der Waals surface area contributed by atoms with Gasteiger partial charge in [0.1, 0.15) is 23.5 Å². The van der Waals surface area contributed by atoms with Gasteiger partial charge in [0.05, 0.1) is 5.92 Å². The quantitative estimate of drug-likeness (QED) is 0.162. The van der Waals surface area contributed by atoms with Crippen molar-refractivity contribution < 1.29 is 38.5 Å². The number of halogens is 2. The summed E-state index contributed by atoms with van der Waals surface area (Å²) in [6, 6.07) is 29.0. The molecular formula is C42H46F2O6. The van der Waals surface area contributed by atoms with E-state index in [1.807, 2.05) is 60.7 Å². The lowest BCUT2D eigenvalue weighted by Crippen LogP contribution is -2.33. The molecule has 6 rings (SSSR count). The Morgan fingerprint density at radius 3 is 1.02 bits per heavy atom. The summed E-state index contributed by atoms with van der Waals surface area (Å²) in [5.74, 6) is -3.83. The van der Waals surface area contributed by atoms with Crippen LogP contribution in [0.1, 0.15) is 98.3 Å². The minimum absolute atomic E-state index is 0.0272. The number of hydrogen-bond donors (Lipinski definition) is 3. The zero-order chi connectivity index (χ0) is 35.9. The number of carbonyl (C=O) groups is 3. The average molecular weight is 685 g/mol. The molecule has 8 heteroatoms. The second-order valence-corrected chi connectivity index (χ2v) is 13.1. The highest BCUT2D eigenvalue weighted by molar-refractivity contribution is 5.81. The predicted molar refractivity (Wildman–Crippen MR) is 189 cm³/mol. The molecule has 0 amide bonds. The normalized spacial score (nSPS) is 15.1. The lowest BCUT2D eigenvalue weighted by molar-refractivity contribution is -0.147. The van der Waals surface area contributed by atoms with Crippen molar-refractivity contribution in [3.63, 3.8) is 0 Å². The van der Waals surface area contributed by atoms with Crippen molar-refractivity contribution in [1.29, 1.82) is 0 Å². The molecule has 4 aromatic carbocycles. The Kier molecular flexibility index (Phi) is 14.7. The Bertz CT molecular complexity index is 1510. The van der Waals surface area contributed by atoms with Gasteiger partial charge in [0.2, 0.25) is 0 Å². The molecule has 0 radical (unpaired) electrons. The van der Waals surface area contributed by atoms with Gasteiger partial charge in [-0.1, -0.05) is 123 Å². The molecule has 50 heavy (non-hydrogen) atoms. The molecule has 2 fully saturated rings. The molecule has 0 atom stereocenters. The van der Waals surface area contributed by atoms with Gasteiger partial charge in [-0.3, -0.25) is 14.4 Å². The van der Waals surface area contributed by atoms with Gasteiger partial charge < -0.3 is 15.3 Å². The zero-order valence-electron chi connectivity index (χ0n) is 28.2. The van der Waals surface area contributed by atoms with Gasteiger partial charge in [0, 0.05) is 0 Å². The average Bonchev–Trinajstić information content (AvgIpc) is 3.12. The standard InChI is InChI=1S/C14H10F2O2.C14H24O2.C14H12O2/c15-11-5-1-9(2-6-11)13(14(17)18)10-3-7-12(16)8-4-10;2*15-14(16)13(11-7-3-1-4-8-11)12-9-5-2-6-10-12/h1-8,13H,(H,17,18);11-13H,1-10H2,(H,15,16);1-10,13H,(H,15,16). The number of hydrogen-bond acceptors (Lipinski definition) is 3. The lowest BCUT2D eigenvalue weighted by Gasteiger charge is -2.35. The third kappa shape index (κ3) is 11.1. The van der Waals surface area contributed by atoms with Gasteiger partial charge in [0.15, 0.2) is 0 Å². The van der Waals surface area contributed by atoms with Crippen LogP contribution in [-0.4, -0.2) is 33.2 Å². The first-order valence-corrected chi connectivity index (χ1v) is 17.4. The minimum atomic E-state index is -1.06. The van der Waals surface area contributed by atoms with Crippen LogP contribution in [0.3, 0.4) is 0 Å². The van der Waals surface area contributed by atoms with Crippen molar-refractivity contribution >= 4 is 17.9 Å². The van der Waals surface area contributed by atoms with Crippen molar-refractivity contribution in [3.8, 4) is 0 Å². The smallest absolute Gasteiger partial charge is 0.315 e. The number of aliphatic carboxylic acids is 3.